The van der Waals surface area contributed by atoms with Gasteiger partial charge in [-0.05, 0) is 49.2 Å². The van der Waals surface area contributed by atoms with E-state index in [0.717, 1.165) is 28.2 Å². The maximum Gasteiger partial charge on any atom is 0.328 e. The summed E-state index contributed by atoms with van der Waals surface area (Å²) in [6, 6.07) is 17.5. The average molecular weight is 530 g/mol. The van der Waals surface area contributed by atoms with Crippen molar-refractivity contribution in [2.75, 3.05) is 4.90 Å². The lowest BCUT2D eigenvalue weighted by Crippen LogP contribution is -2.43. The number of para-hydroxylation sites is 1. The molecule has 9 heteroatoms. The zero-order valence-corrected chi connectivity index (χ0v) is 22.2. The summed E-state index contributed by atoms with van der Waals surface area (Å²) in [7, 11) is 0. The van der Waals surface area contributed by atoms with Crippen molar-refractivity contribution in [1.82, 2.24) is 20.6 Å². The zero-order valence-electron chi connectivity index (χ0n) is 22.2. The fourth-order valence-corrected chi connectivity index (χ4v) is 4.30. The molecule has 3 aromatic carbocycles. The van der Waals surface area contributed by atoms with Gasteiger partial charge in [-0.25, -0.2) is 28.4 Å². The number of hydrogen-bond acceptors (Lipinski definition) is 4. The van der Waals surface area contributed by atoms with Gasteiger partial charge in [0.1, 0.15) is 23.1 Å². The van der Waals surface area contributed by atoms with Crippen molar-refractivity contribution in [3.8, 4) is 11.3 Å². The lowest BCUT2D eigenvalue weighted by atomic mass is 9.97. The molecule has 1 aromatic heterocycles. The molecule has 7 nitrogen and oxygen atoms in total. The van der Waals surface area contributed by atoms with E-state index in [1.807, 2.05) is 57.2 Å². The van der Waals surface area contributed by atoms with Gasteiger partial charge in [0, 0.05) is 23.2 Å². The molecule has 2 heterocycles. The molecule has 39 heavy (non-hydrogen) atoms. The second-order valence-corrected chi connectivity index (χ2v) is 8.68. The van der Waals surface area contributed by atoms with Crippen molar-refractivity contribution in [3.05, 3.63) is 106 Å². The number of rotatable bonds is 5. The number of fused-ring (bicyclic) bond motifs is 1. The van der Waals surface area contributed by atoms with Crippen LogP contribution < -0.4 is 15.5 Å². The van der Waals surface area contributed by atoms with Crippen molar-refractivity contribution in [2.24, 2.45) is 0 Å². The highest BCUT2D eigenvalue weighted by Crippen LogP contribution is 2.38. The molecule has 0 atom stereocenters. The van der Waals surface area contributed by atoms with Gasteiger partial charge in [-0.15, -0.1) is 0 Å². The van der Waals surface area contributed by atoms with Crippen molar-refractivity contribution in [2.45, 2.75) is 40.8 Å². The van der Waals surface area contributed by atoms with Crippen LogP contribution in [0, 0.1) is 25.5 Å². The number of nitrogens with zero attached hydrogens (tertiary/aromatic N) is 3. The van der Waals surface area contributed by atoms with Crippen molar-refractivity contribution in [1.29, 1.82) is 0 Å². The van der Waals surface area contributed by atoms with E-state index < -0.39 is 23.4 Å². The summed E-state index contributed by atoms with van der Waals surface area (Å²) in [5, 5.41) is 5.57. The Morgan fingerprint density at radius 1 is 0.974 bits per heavy atom. The van der Waals surface area contributed by atoms with Gasteiger partial charge >= 0.3 is 6.03 Å². The van der Waals surface area contributed by atoms with Crippen LogP contribution in [0.5, 0.6) is 0 Å². The molecule has 5 rings (SSSR count). The maximum absolute atomic E-state index is 14.7. The standard InChI is InChI=1S/C28H23F2N5O2.C2H6/c1-16-11-12-19(27(36)31-14-18-7-4-3-5-8-18)13-20(16)24-21-15-32-28(37)35(26(21)34-17(2)33-24)25-22(29)9-6-10-23(25)30;1-2/h3-13H,14-15H2,1-2H3,(H,31,36)(H,32,37);1-2H3. The SMILES string of the molecule is CC.Cc1nc(-c2cc(C(=O)NCc3ccccc3)ccc2C)c2c(n1)N(c1c(F)cccc1F)C(=O)NC2. The summed E-state index contributed by atoms with van der Waals surface area (Å²) < 4.78 is 29.4. The molecule has 0 aliphatic carbocycles. The Kier molecular flexibility index (Phi) is 8.29. The first-order chi connectivity index (χ1) is 18.8. The highest BCUT2D eigenvalue weighted by molar-refractivity contribution is 6.02. The molecular weight excluding hydrogens is 500 g/mol. The third-order valence-electron chi connectivity index (χ3n) is 6.14. The first kappa shape index (κ1) is 27.4. The predicted molar refractivity (Wildman–Crippen MR) is 147 cm³/mol. The van der Waals surface area contributed by atoms with E-state index in [2.05, 4.69) is 20.6 Å². The second kappa shape index (κ2) is 11.8. The third kappa shape index (κ3) is 5.62. The summed E-state index contributed by atoms with van der Waals surface area (Å²) in [6.07, 6.45) is 0. The van der Waals surface area contributed by atoms with E-state index in [1.165, 1.54) is 6.07 Å². The lowest BCUT2D eigenvalue weighted by molar-refractivity contribution is 0.0951. The molecule has 0 spiro atoms. The molecule has 1 aliphatic rings. The Hall–Kier alpha value is -4.66. The minimum atomic E-state index is -0.894. The Labute approximate surface area is 225 Å². The molecule has 0 saturated carbocycles. The smallest absolute Gasteiger partial charge is 0.328 e. The van der Waals surface area contributed by atoms with Crippen LogP contribution in [0.1, 0.15) is 46.7 Å². The van der Waals surface area contributed by atoms with Crippen molar-refractivity contribution >= 4 is 23.4 Å². The number of nitrogens with one attached hydrogen (secondary N) is 2. The van der Waals surface area contributed by atoms with E-state index in [1.54, 1.807) is 19.1 Å². The number of benzene rings is 3. The number of urea groups is 1. The first-order valence-electron chi connectivity index (χ1n) is 12.7. The monoisotopic (exact) mass is 529 g/mol. The van der Waals surface area contributed by atoms with Crippen LogP contribution in [0.3, 0.4) is 0 Å². The van der Waals surface area contributed by atoms with Crippen molar-refractivity contribution < 1.29 is 18.4 Å². The second-order valence-electron chi connectivity index (χ2n) is 8.68. The zero-order chi connectivity index (χ0) is 28.1. The van der Waals surface area contributed by atoms with Gasteiger partial charge in [-0.1, -0.05) is 56.3 Å². The van der Waals surface area contributed by atoms with Gasteiger partial charge in [0.15, 0.2) is 5.82 Å². The van der Waals surface area contributed by atoms with Crippen LogP contribution >= 0.6 is 0 Å². The quantitative estimate of drug-likeness (QED) is 0.315. The fourth-order valence-electron chi connectivity index (χ4n) is 4.30. The number of aromatic nitrogens is 2. The predicted octanol–water partition coefficient (Wildman–Crippen LogP) is 6.36. The molecule has 0 bridgehead atoms. The Morgan fingerprint density at radius 3 is 2.36 bits per heavy atom. The van der Waals surface area contributed by atoms with E-state index in [9.17, 15) is 18.4 Å². The summed E-state index contributed by atoms with van der Waals surface area (Å²) in [6.45, 7) is 7.94. The van der Waals surface area contributed by atoms with Crippen LogP contribution in [0.2, 0.25) is 0 Å². The largest absolute Gasteiger partial charge is 0.348 e. The maximum atomic E-state index is 14.7. The van der Waals surface area contributed by atoms with Crippen molar-refractivity contribution in [3.63, 3.8) is 0 Å². The highest BCUT2D eigenvalue weighted by atomic mass is 19.1. The van der Waals surface area contributed by atoms with Gasteiger partial charge in [-0.2, -0.15) is 0 Å². The van der Waals surface area contributed by atoms with Gasteiger partial charge < -0.3 is 10.6 Å². The molecule has 4 aromatic rings. The third-order valence-corrected chi connectivity index (χ3v) is 6.14. The number of hydrogen-bond donors (Lipinski definition) is 2. The van der Waals surface area contributed by atoms with E-state index in [-0.39, 0.29) is 18.3 Å². The van der Waals surface area contributed by atoms with Crippen LogP contribution in [0.25, 0.3) is 11.3 Å². The number of carbonyl (C=O) groups is 2. The molecule has 3 amide bonds. The van der Waals surface area contributed by atoms with Crippen LogP contribution in [-0.4, -0.2) is 21.9 Å². The summed E-state index contributed by atoms with van der Waals surface area (Å²) in [5.41, 5.74) is 3.32. The Bertz CT molecular complexity index is 1510. The van der Waals surface area contributed by atoms with Crippen LogP contribution in [0.4, 0.5) is 25.1 Å². The number of carbonyl (C=O) groups excluding carboxylic acids is 2. The molecule has 0 fully saturated rings. The number of halogens is 2. The average Bonchev–Trinajstić information content (AvgIpc) is 2.94. The highest BCUT2D eigenvalue weighted by Gasteiger charge is 2.33. The molecule has 0 saturated heterocycles. The molecule has 0 unspecified atom stereocenters. The molecular formula is C30H29F2N5O2. The van der Waals surface area contributed by atoms with Gasteiger partial charge in [0.2, 0.25) is 0 Å². The van der Waals surface area contributed by atoms with Gasteiger partial charge in [-0.3, -0.25) is 4.79 Å². The Morgan fingerprint density at radius 2 is 1.67 bits per heavy atom. The van der Waals surface area contributed by atoms with E-state index >= 15 is 0 Å². The molecule has 2 N–H and O–H groups in total. The normalized spacial score (nSPS) is 12.2. The lowest BCUT2D eigenvalue weighted by Gasteiger charge is -2.30. The summed E-state index contributed by atoms with van der Waals surface area (Å²) >= 11 is 0. The number of aryl methyl sites for hydroxylation is 2. The molecule has 1 aliphatic heterocycles. The summed E-state index contributed by atoms with van der Waals surface area (Å²) in [4.78, 5) is 35.6. The van der Waals surface area contributed by atoms with Gasteiger partial charge in [0.05, 0.1) is 12.2 Å². The fraction of sp³-hybridized carbons (Fsp3) is 0.200. The topological polar surface area (TPSA) is 87.2 Å². The first-order valence-corrected chi connectivity index (χ1v) is 12.7. The van der Waals surface area contributed by atoms with Gasteiger partial charge in [0.25, 0.3) is 5.91 Å². The number of amides is 3. The van der Waals surface area contributed by atoms with Crippen LogP contribution in [-0.2, 0) is 13.1 Å². The van der Waals surface area contributed by atoms with Crippen LogP contribution in [0.15, 0.2) is 66.7 Å². The molecule has 200 valence electrons. The van der Waals surface area contributed by atoms with E-state index in [0.29, 0.717) is 34.8 Å². The van der Waals surface area contributed by atoms with E-state index in [4.69, 9.17) is 0 Å². The summed E-state index contributed by atoms with van der Waals surface area (Å²) in [5.74, 6) is -1.65. The minimum Gasteiger partial charge on any atom is -0.348 e. The minimum absolute atomic E-state index is 0.0558. The number of anilines is 2. The Balaban J connectivity index is 0.00000172. The molecule has 0 radical (unpaired) electrons.